The predicted octanol–water partition coefficient (Wildman–Crippen LogP) is 0.883. The second-order valence-corrected chi connectivity index (χ2v) is 4.04. The van der Waals surface area contributed by atoms with E-state index in [4.69, 9.17) is 0 Å². The molecule has 0 fully saturated rings. The third-order valence-corrected chi connectivity index (χ3v) is 2.63. The number of imidazole rings is 1. The Hall–Kier alpha value is -2.14. The van der Waals surface area contributed by atoms with E-state index in [-0.39, 0.29) is 12.5 Å². The van der Waals surface area contributed by atoms with Crippen LogP contribution >= 0.6 is 0 Å². The van der Waals surface area contributed by atoms with Crippen LogP contribution in [0.15, 0.2) is 42.9 Å². The first-order valence-corrected chi connectivity index (χ1v) is 5.65. The van der Waals surface area contributed by atoms with Crippen molar-refractivity contribution in [2.75, 3.05) is 6.61 Å². The number of carbonyl (C=O) groups excluding carboxylic acids is 1. The summed E-state index contributed by atoms with van der Waals surface area (Å²) in [7, 11) is 1.80. The van der Waals surface area contributed by atoms with Crippen molar-refractivity contribution in [2.24, 2.45) is 7.05 Å². The zero-order valence-corrected chi connectivity index (χ0v) is 10.1. The van der Waals surface area contributed by atoms with Crippen molar-refractivity contribution in [3.8, 4) is 0 Å². The van der Waals surface area contributed by atoms with Crippen LogP contribution in [0.1, 0.15) is 22.1 Å². The molecule has 0 aliphatic rings. The summed E-state index contributed by atoms with van der Waals surface area (Å²) in [6.45, 7) is -0.150. The third kappa shape index (κ3) is 2.75. The highest BCUT2D eigenvalue weighted by Gasteiger charge is 2.16. The van der Waals surface area contributed by atoms with Gasteiger partial charge in [0.25, 0.3) is 5.91 Å². The van der Waals surface area contributed by atoms with Crippen molar-refractivity contribution < 1.29 is 9.90 Å². The van der Waals surface area contributed by atoms with Gasteiger partial charge in [0.05, 0.1) is 19.0 Å². The molecule has 18 heavy (non-hydrogen) atoms. The molecular formula is C13H15N3O2. The van der Waals surface area contributed by atoms with Gasteiger partial charge in [0.2, 0.25) is 0 Å². The molecule has 0 saturated heterocycles. The Kier molecular flexibility index (Phi) is 3.74. The summed E-state index contributed by atoms with van der Waals surface area (Å²) in [5, 5.41) is 12.1. The van der Waals surface area contributed by atoms with Crippen molar-refractivity contribution in [3.63, 3.8) is 0 Å². The monoisotopic (exact) mass is 245 g/mol. The molecule has 0 bridgehead atoms. The molecule has 0 aliphatic heterocycles. The average molecular weight is 245 g/mol. The molecule has 0 unspecified atom stereocenters. The Morgan fingerprint density at radius 1 is 1.44 bits per heavy atom. The number of benzene rings is 1. The fourth-order valence-corrected chi connectivity index (χ4v) is 1.68. The molecule has 5 nitrogen and oxygen atoms in total. The number of hydrogen-bond acceptors (Lipinski definition) is 3. The third-order valence-electron chi connectivity index (χ3n) is 2.63. The van der Waals surface area contributed by atoms with Crippen molar-refractivity contribution in [3.05, 3.63) is 54.1 Å². The van der Waals surface area contributed by atoms with Gasteiger partial charge in [0, 0.05) is 13.2 Å². The normalized spacial score (nSPS) is 12.1. The van der Waals surface area contributed by atoms with E-state index in [1.165, 1.54) is 0 Å². The van der Waals surface area contributed by atoms with Crippen LogP contribution in [0.25, 0.3) is 0 Å². The van der Waals surface area contributed by atoms with Crippen molar-refractivity contribution >= 4 is 5.91 Å². The van der Waals surface area contributed by atoms with E-state index < -0.39 is 6.04 Å². The zero-order chi connectivity index (χ0) is 13.0. The molecule has 2 rings (SSSR count). The summed E-state index contributed by atoms with van der Waals surface area (Å²) in [6.07, 6.45) is 3.19. The molecule has 94 valence electrons. The van der Waals surface area contributed by atoms with Crippen LogP contribution in [-0.4, -0.2) is 27.2 Å². The first-order valence-electron chi connectivity index (χ1n) is 5.65. The van der Waals surface area contributed by atoms with E-state index in [2.05, 4.69) is 10.3 Å². The van der Waals surface area contributed by atoms with Crippen LogP contribution in [0.4, 0.5) is 0 Å². The molecule has 1 amide bonds. The fraction of sp³-hybridized carbons (Fsp3) is 0.231. The topological polar surface area (TPSA) is 67.2 Å². The minimum atomic E-state index is -0.416. The molecular weight excluding hydrogens is 230 g/mol. The molecule has 2 N–H and O–H groups in total. The Balaban J connectivity index is 2.10. The van der Waals surface area contributed by atoms with Crippen LogP contribution in [0.5, 0.6) is 0 Å². The van der Waals surface area contributed by atoms with Gasteiger partial charge in [-0.3, -0.25) is 4.79 Å². The number of carbonyl (C=O) groups is 1. The molecule has 1 aromatic carbocycles. The van der Waals surface area contributed by atoms with E-state index >= 15 is 0 Å². The molecule has 1 heterocycles. The van der Waals surface area contributed by atoms with Crippen LogP contribution in [0, 0.1) is 0 Å². The second-order valence-electron chi connectivity index (χ2n) is 4.04. The summed E-state index contributed by atoms with van der Waals surface area (Å²) >= 11 is 0. The number of aryl methyl sites for hydroxylation is 1. The predicted molar refractivity (Wildman–Crippen MR) is 66.9 cm³/mol. The lowest BCUT2D eigenvalue weighted by molar-refractivity contribution is 0.0911. The summed E-state index contributed by atoms with van der Waals surface area (Å²) in [5.41, 5.74) is 1.20. The number of rotatable bonds is 4. The molecule has 0 radical (unpaired) electrons. The number of aromatic nitrogens is 2. The number of aliphatic hydroxyl groups is 1. The molecule has 1 atom stereocenters. The van der Waals surface area contributed by atoms with Crippen LogP contribution in [0.2, 0.25) is 0 Å². The number of nitrogens with zero attached hydrogens (tertiary/aromatic N) is 2. The van der Waals surface area contributed by atoms with Crippen LogP contribution < -0.4 is 5.32 Å². The van der Waals surface area contributed by atoms with E-state index in [0.717, 1.165) is 5.56 Å². The summed E-state index contributed by atoms with van der Waals surface area (Å²) in [6, 6.07) is 8.92. The molecule has 5 heteroatoms. The summed E-state index contributed by atoms with van der Waals surface area (Å²) in [4.78, 5) is 15.9. The van der Waals surface area contributed by atoms with Gasteiger partial charge in [0.15, 0.2) is 0 Å². The number of aliphatic hydroxyl groups excluding tert-OH is 1. The smallest absolute Gasteiger partial charge is 0.272 e. The van der Waals surface area contributed by atoms with E-state index in [1.54, 1.807) is 24.1 Å². The number of amides is 1. The van der Waals surface area contributed by atoms with E-state index in [1.807, 2.05) is 30.3 Å². The highest BCUT2D eigenvalue weighted by Crippen LogP contribution is 2.12. The minimum absolute atomic E-state index is 0.150. The van der Waals surface area contributed by atoms with Gasteiger partial charge in [-0.2, -0.15) is 0 Å². The largest absolute Gasteiger partial charge is 0.394 e. The molecule has 2 aromatic rings. The SMILES string of the molecule is Cn1cnc(C(=O)N[C@@H](CO)c2ccccc2)c1. The first kappa shape index (κ1) is 12.3. The lowest BCUT2D eigenvalue weighted by Crippen LogP contribution is -2.31. The van der Waals surface area contributed by atoms with E-state index in [0.29, 0.717) is 5.69 Å². The number of hydrogen-bond donors (Lipinski definition) is 2. The Labute approximate surface area is 105 Å². The Morgan fingerprint density at radius 2 is 2.17 bits per heavy atom. The molecule has 0 saturated carbocycles. The average Bonchev–Trinajstić information content (AvgIpc) is 2.83. The highest BCUT2D eigenvalue weighted by molar-refractivity contribution is 5.92. The molecule has 1 aromatic heterocycles. The maximum Gasteiger partial charge on any atom is 0.272 e. The van der Waals surface area contributed by atoms with Gasteiger partial charge in [-0.15, -0.1) is 0 Å². The van der Waals surface area contributed by atoms with Gasteiger partial charge in [0.1, 0.15) is 5.69 Å². The van der Waals surface area contributed by atoms with Crippen LogP contribution in [-0.2, 0) is 7.05 Å². The van der Waals surface area contributed by atoms with Gasteiger partial charge < -0.3 is 15.0 Å². The Morgan fingerprint density at radius 3 is 2.72 bits per heavy atom. The summed E-state index contributed by atoms with van der Waals surface area (Å²) < 4.78 is 1.70. The van der Waals surface area contributed by atoms with Crippen molar-refractivity contribution in [2.45, 2.75) is 6.04 Å². The summed E-state index contributed by atoms with van der Waals surface area (Å²) in [5.74, 6) is -0.293. The van der Waals surface area contributed by atoms with E-state index in [9.17, 15) is 9.90 Å². The second kappa shape index (κ2) is 5.46. The Bertz CT molecular complexity index is 522. The fourth-order valence-electron chi connectivity index (χ4n) is 1.68. The highest BCUT2D eigenvalue weighted by atomic mass is 16.3. The van der Waals surface area contributed by atoms with Gasteiger partial charge in [-0.05, 0) is 5.56 Å². The lowest BCUT2D eigenvalue weighted by Gasteiger charge is -2.15. The maximum atomic E-state index is 11.9. The zero-order valence-electron chi connectivity index (χ0n) is 10.1. The van der Waals surface area contributed by atoms with Crippen LogP contribution in [0.3, 0.4) is 0 Å². The van der Waals surface area contributed by atoms with Gasteiger partial charge in [-0.1, -0.05) is 30.3 Å². The van der Waals surface area contributed by atoms with Gasteiger partial charge >= 0.3 is 0 Å². The first-order chi connectivity index (χ1) is 8.70. The van der Waals surface area contributed by atoms with Crippen molar-refractivity contribution in [1.29, 1.82) is 0 Å². The van der Waals surface area contributed by atoms with Gasteiger partial charge in [-0.25, -0.2) is 4.98 Å². The standard InChI is InChI=1S/C13H15N3O2/c1-16-7-11(14-9-16)13(18)15-12(8-17)10-5-3-2-4-6-10/h2-7,9,12,17H,8H2,1H3,(H,15,18)/t12-/m0/s1. The quantitative estimate of drug-likeness (QED) is 0.840. The molecule has 0 spiro atoms. The maximum absolute atomic E-state index is 11.9. The number of nitrogens with one attached hydrogen (secondary N) is 1. The lowest BCUT2D eigenvalue weighted by atomic mass is 10.1. The minimum Gasteiger partial charge on any atom is -0.394 e. The molecule has 0 aliphatic carbocycles. The van der Waals surface area contributed by atoms with Crippen molar-refractivity contribution in [1.82, 2.24) is 14.9 Å².